The summed E-state index contributed by atoms with van der Waals surface area (Å²) in [5, 5.41) is 12.6. The Morgan fingerprint density at radius 1 is 1.19 bits per heavy atom. The molecular weight excluding hydrogens is 372 g/mol. The van der Waals surface area contributed by atoms with E-state index in [4.69, 9.17) is 27.8 Å². The van der Waals surface area contributed by atoms with Crippen molar-refractivity contribution in [1.82, 2.24) is 4.98 Å². The Morgan fingerprint density at radius 2 is 1.96 bits per heavy atom. The number of aromatic nitrogens is 1. The highest BCUT2D eigenvalue weighted by molar-refractivity contribution is 6.33. The lowest BCUT2D eigenvalue weighted by molar-refractivity contribution is 0.0997. The van der Waals surface area contributed by atoms with Gasteiger partial charge < -0.3 is 26.6 Å². The normalized spacial score (nSPS) is 10.6. The van der Waals surface area contributed by atoms with Crippen LogP contribution in [0, 0.1) is 0 Å². The lowest BCUT2D eigenvalue weighted by atomic mass is 10.0. The zero-order valence-corrected chi connectivity index (χ0v) is 14.7. The van der Waals surface area contributed by atoms with Gasteiger partial charge in [-0.1, -0.05) is 11.6 Å². The summed E-state index contributed by atoms with van der Waals surface area (Å²) in [6, 6.07) is 8.64. The molecule has 0 aliphatic rings. The van der Waals surface area contributed by atoms with Crippen molar-refractivity contribution in [3.05, 3.63) is 58.7 Å². The number of hydrogen-bond acceptors (Lipinski definition) is 5. The van der Waals surface area contributed by atoms with Gasteiger partial charge in [0.1, 0.15) is 11.5 Å². The number of nitrogens with one attached hydrogen (secondary N) is 1. The molecule has 0 saturated carbocycles. The number of fused-ring (bicyclic) bond motifs is 1. The van der Waals surface area contributed by atoms with Crippen molar-refractivity contribution in [2.45, 2.75) is 6.61 Å². The largest absolute Gasteiger partial charge is 0.457 e. The summed E-state index contributed by atoms with van der Waals surface area (Å²) >= 11 is 6.11. The highest BCUT2D eigenvalue weighted by Gasteiger charge is 2.14. The quantitative estimate of drug-likeness (QED) is 0.533. The van der Waals surface area contributed by atoms with Gasteiger partial charge in [0.05, 0.1) is 22.8 Å². The number of anilines is 1. The molecule has 2 aromatic carbocycles. The molecule has 0 aliphatic heterocycles. The summed E-state index contributed by atoms with van der Waals surface area (Å²) in [7, 11) is 0. The lowest BCUT2D eigenvalue weighted by Crippen LogP contribution is -2.19. The van der Waals surface area contributed by atoms with Crippen LogP contribution in [-0.4, -0.2) is 22.0 Å². The number of urea groups is 1. The SMILES string of the molecule is NC(=O)Nc1ccc(Oc2ccnc3cc(CO)c(C(N)=O)cc23)cc1Cl. The summed E-state index contributed by atoms with van der Waals surface area (Å²) in [5.41, 5.74) is 11.9. The molecule has 1 aromatic heterocycles. The molecule has 0 saturated heterocycles. The van der Waals surface area contributed by atoms with E-state index in [9.17, 15) is 14.7 Å². The Labute approximate surface area is 158 Å². The van der Waals surface area contributed by atoms with Gasteiger partial charge in [0.15, 0.2) is 0 Å². The average Bonchev–Trinajstić information content (AvgIpc) is 2.62. The number of carbonyl (C=O) groups excluding carboxylic acids is 2. The van der Waals surface area contributed by atoms with Crippen LogP contribution in [0.5, 0.6) is 11.5 Å². The molecule has 9 heteroatoms. The lowest BCUT2D eigenvalue weighted by Gasteiger charge is -2.12. The monoisotopic (exact) mass is 386 g/mol. The second-order valence-electron chi connectivity index (χ2n) is 5.59. The van der Waals surface area contributed by atoms with Crippen LogP contribution in [-0.2, 0) is 6.61 Å². The van der Waals surface area contributed by atoms with Crippen molar-refractivity contribution in [3.63, 3.8) is 0 Å². The molecule has 0 unspecified atom stereocenters. The van der Waals surface area contributed by atoms with Gasteiger partial charge >= 0.3 is 6.03 Å². The van der Waals surface area contributed by atoms with Crippen LogP contribution >= 0.6 is 11.6 Å². The van der Waals surface area contributed by atoms with Crippen LogP contribution in [0.25, 0.3) is 10.9 Å². The van der Waals surface area contributed by atoms with E-state index in [1.165, 1.54) is 18.3 Å². The van der Waals surface area contributed by atoms with Crippen molar-refractivity contribution in [2.75, 3.05) is 5.32 Å². The van der Waals surface area contributed by atoms with E-state index in [2.05, 4.69) is 10.3 Å². The zero-order valence-electron chi connectivity index (χ0n) is 13.9. The van der Waals surface area contributed by atoms with E-state index < -0.39 is 11.9 Å². The first kappa shape index (κ1) is 18.4. The van der Waals surface area contributed by atoms with E-state index in [-0.39, 0.29) is 17.2 Å². The van der Waals surface area contributed by atoms with Gasteiger partial charge in [-0.05, 0) is 35.9 Å². The van der Waals surface area contributed by atoms with Gasteiger partial charge in [-0.25, -0.2) is 4.79 Å². The van der Waals surface area contributed by atoms with E-state index in [1.54, 1.807) is 24.3 Å². The fraction of sp³-hybridized carbons (Fsp3) is 0.0556. The Kier molecular flexibility index (Phi) is 5.11. The van der Waals surface area contributed by atoms with Crippen LogP contribution in [0.2, 0.25) is 5.02 Å². The fourth-order valence-electron chi connectivity index (χ4n) is 2.58. The molecule has 3 aromatic rings. The predicted octanol–water partition coefficient (Wildman–Crippen LogP) is 2.76. The highest BCUT2D eigenvalue weighted by atomic mass is 35.5. The summed E-state index contributed by atoms with van der Waals surface area (Å²) in [6.07, 6.45) is 1.54. The maximum Gasteiger partial charge on any atom is 0.316 e. The van der Waals surface area contributed by atoms with Crippen LogP contribution in [0.3, 0.4) is 0 Å². The Bertz CT molecular complexity index is 1050. The third kappa shape index (κ3) is 3.91. The van der Waals surface area contributed by atoms with Crippen molar-refractivity contribution < 1.29 is 19.4 Å². The third-order valence-electron chi connectivity index (χ3n) is 3.79. The second kappa shape index (κ2) is 7.48. The van der Waals surface area contributed by atoms with Crippen LogP contribution < -0.4 is 21.5 Å². The number of rotatable bonds is 5. The second-order valence-corrected chi connectivity index (χ2v) is 6.00. The number of primary amides is 2. The van der Waals surface area contributed by atoms with Gasteiger partial charge in [0.25, 0.3) is 0 Å². The number of pyridine rings is 1. The molecule has 3 amide bonds. The number of nitrogens with zero attached hydrogens (tertiary/aromatic N) is 1. The molecule has 1 heterocycles. The minimum Gasteiger partial charge on any atom is -0.457 e. The van der Waals surface area contributed by atoms with E-state index >= 15 is 0 Å². The molecule has 0 spiro atoms. The summed E-state index contributed by atoms with van der Waals surface area (Å²) in [5.74, 6) is 0.147. The number of aliphatic hydroxyl groups is 1. The fourth-order valence-corrected chi connectivity index (χ4v) is 2.80. The van der Waals surface area contributed by atoms with Crippen LogP contribution in [0.1, 0.15) is 15.9 Å². The molecule has 8 nitrogen and oxygen atoms in total. The van der Waals surface area contributed by atoms with Gasteiger partial charge in [0, 0.05) is 23.2 Å². The van der Waals surface area contributed by atoms with Gasteiger partial charge in [-0.15, -0.1) is 0 Å². The molecule has 138 valence electrons. The Morgan fingerprint density at radius 3 is 2.59 bits per heavy atom. The van der Waals surface area contributed by atoms with Gasteiger partial charge in [-0.2, -0.15) is 0 Å². The van der Waals surface area contributed by atoms with E-state index in [0.717, 1.165) is 0 Å². The molecule has 27 heavy (non-hydrogen) atoms. The first-order valence-corrected chi connectivity index (χ1v) is 8.13. The van der Waals surface area contributed by atoms with Crippen molar-refractivity contribution in [3.8, 4) is 11.5 Å². The van der Waals surface area contributed by atoms with Crippen molar-refractivity contribution in [2.24, 2.45) is 11.5 Å². The van der Waals surface area contributed by atoms with Crippen LogP contribution in [0.4, 0.5) is 10.5 Å². The minimum absolute atomic E-state index is 0.182. The standard InChI is InChI=1S/C18H15ClN4O4/c19-13-6-10(1-2-14(13)23-18(21)26)27-16-3-4-22-15-5-9(8-24)11(17(20)25)7-12(15)16/h1-7,24H,8H2,(H2,20,25)(H3,21,23,26). The molecule has 0 atom stereocenters. The first-order valence-electron chi connectivity index (χ1n) is 7.75. The zero-order chi connectivity index (χ0) is 19.6. The number of ether oxygens (including phenoxy) is 1. The Hall–Kier alpha value is -3.36. The van der Waals surface area contributed by atoms with E-state index in [0.29, 0.717) is 33.7 Å². The predicted molar refractivity (Wildman–Crippen MR) is 101 cm³/mol. The number of hydrogen-bond donors (Lipinski definition) is 4. The molecule has 0 bridgehead atoms. The average molecular weight is 387 g/mol. The molecule has 6 N–H and O–H groups in total. The number of benzene rings is 2. The summed E-state index contributed by atoms with van der Waals surface area (Å²) in [6.45, 7) is -0.342. The molecular formula is C18H15ClN4O4. The number of carbonyl (C=O) groups is 2. The Balaban J connectivity index is 2.02. The van der Waals surface area contributed by atoms with Crippen molar-refractivity contribution >= 4 is 40.1 Å². The molecule has 0 radical (unpaired) electrons. The van der Waals surface area contributed by atoms with E-state index in [1.807, 2.05) is 0 Å². The number of aliphatic hydroxyl groups excluding tert-OH is 1. The minimum atomic E-state index is -0.732. The number of amides is 3. The van der Waals surface area contributed by atoms with Gasteiger partial charge in [-0.3, -0.25) is 9.78 Å². The smallest absolute Gasteiger partial charge is 0.316 e. The van der Waals surface area contributed by atoms with Gasteiger partial charge in [0.2, 0.25) is 5.91 Å². The maximum absolute atomic E-state index is 11.7. The molecule has 0 fully saturated rings. The first-order chi connectivity index (χ1) is 12.9. The maximum atomic E-state index is 11.7. The summed E-state index contributed by atoms with van der Waals surface area (Å²) < 4.78 is 5.86. The third-order valence-corrected chi connectivity index (χ3v) is 4.10. The molecule has 0 aliphatic carbocycles. The van der Waals surface area contributed by atoms with Crippen molar-refractivity contribution in [1.29, 1.82) is 0 Å². The summed E-state index contributed by atoms with van der Waals surface area (Å²) in [4.78, 5) is 26.8. The number of halogens is 1. The number of nitrogens with two attached hydrogens (primary N) is 2. The highest BCUT2D eigenvalue weighted by Crippen LogP contribution is 2.33. The van der Waals surface area contributed by atoms with Crippen LogP contribution in [0.15, 0.2) is 42.6 Å². The molecule has 3 rings (SSSR count). The topological polar surface area (TPSA) is 141 Å².